The number of rotatable bonds is 6. The Labute approximate surface area is 163 Å². The van der Waals surface area contributed by atoms with Crippen LogP contribution in [-0.4, -0.2) is 27.6 Å². The first-order chi connectivity index (χ1) is 13.5. The molecule has 142 valence electrons. The molecule has 0 fully saturated rings. The lowest BCUT2D eigenvalue weighted by Crippen LogP contribution is -2.07. The van der Waals surface area contributed by atoms with Crippen molar-refractivity contribution in [3.8, 4) is 28.7 Å². The van der Waals surface area contributed by atoms with Crippen LogP contribution < -0.4 is 9.47 Å². The minimum atomic E-state index is -3.69. The second-order valence-corrected chi connectivity index (χ2v) is 8.00. The maximum Gasteiger partial charge on any atom is 0.186 e. The predicted octanol–water partition coefficient (Wildman–Crippen LogP) is 3.61. The number of nitrogens with zero attached hydrogens (tertiary/aromatic N) is 2. The second-order valence-electron chi connectivity index (χ2n) is 6.05. The van der Waals surface area contributed by atoms with Crippen LogP contribution in [-0.2, 0) is 15.6 Å². The van der Waals surface area contributed by atoms with E-state index in [0.717, 1.165) is 11.1 Å². The van der Waals surface area contributed by atoms with Crippen molar-refractivity contribution < 1.29 is 17.9 Å². The van der Waals surface area contributed by atoms with Crippen LogP contribution in [0.15, 0.2) is 65.8 Å². The van der Waals surface area contributed by atoms with Crippen molar-refractivity contribution in [2.24, 2.45) is 0 Å². The maximum atomic E-state index is 13.0. The van der Waals surface area contributed by atoms with E-state index in [0.29, 0.717) is 16.9 Å². The molecular formula is C21H18N2O4S. The number of ether oxygens (including phenoxy) is 2. The van der Waals surface area contributed by atoms with Crippen molar-refractivity contribution in [1.29, 1.82) is 5.26 Å². The lowest BCUT2D eigenvalue weighted by atomic mass is 10.0. The average Bonchev–Trinajstić information content (AvgIpc) is 2.73. The molecule has 28 heavy (non-hydrogen) atoms. The molecule has 2 aromatic carbocycles. The van der Waals surface area contributed by atoms with E-state index in [-0.39, 0.29) is 16.4 Å². The molecule has 0 N–H and O–H groups in total. The number of methoxy groups -OCH3 is 2. The molecule has 1 heterocycles. The van der Waals surface area contributed by atoms with Gasteiger partial charge in [-0.05, 0) is 41.5 Å². The Bertz CT molecular complexity index is 1130. The molecule has 0 bridgehead atoms. The predicted molar refractivity (Wildman–Crippen MR) is 105 cm³/mol. The maximum absolute atomic E-state index is 13.0. The molecule has 0 atom stereocenters. The van der Waals surface area contributed by atoms with Crippen LogP contribution in [0.5, 0.6) is 11.5 Å². The van der Waals surface area contributed by atoms with Gasteiger partial charge in [-0.2, -0.15) is 5.26 Å². The van der Waals surface area contributed by atoms with E-state index in [1.165, 1.54) is 26.5 Å². The van der Waals surface area contributed by atoms with Gasteiger partial charge in [0.05, 0.1) is 31.6 Å². The molecule has 0 amide bonds. The van der Waals surface area contributed by atoms with E-state index in [2.05, 4.69) is 11.1 Å². The summed E-state index contributed by atoms with van der Waals surface area (Å²) in [6.45, 7) is 0. The third-order valence-electron chi connectivity index (χ3n) is 4.20. The molecule has 0 aliphatic carbocycles. The van der Waals surface area contributed by atoms with Gasteiger partial charge < -0.3 is 9.47 Å². The van der Waals surface area contributed by atoms with Gasteiger partial charge in [-0.1, -0.05) is 12.1 Å². The van der Waals surface area contributed by atoms with Gasteiger partial charge in [0, 0.05) is 24.0 Å². The van der Waals surface area contributed by atoms with E-state index in [9.17, 15) is 8.42 Å². The SMILES string of the molecule is COc1ccc(OC)c(S(=O)(=O)Cc2cncc(-c3ccc(C#N)cc3)c2)c1. The minimum absolute atomic E-state index is 0.0677. The van der Waals surface area contributed by atoms with Crippen LogP contribution in [0.3, 0.4) is 0 Å². The van der Waals surface area contributed by atoms with Gasteiger partial charge in [-0.25, -0.2) is 8.42 Å². The zero-order valence-electron chi connectivity index (χ0n) is 15.4. The molecule has 7 heteroatoms. The minimum Gasteiger partial charge on any atom is -0.497 e. The monoisotopic (exact) mass is 394 g/mol. The molecule has 0 aliphatic rings. The van der Waals surface area contributed by atoms with Gasteiger partial charge in [-0.15, -0.1) is 0 Å². The van der Waals surface area contributed by atoms with E-state index in [1.54, 1.807) is 48.7 Å². The van der Waals surface area contributed by atoms with Crippen LogP contribution in [0.2, 0.25) is 0 Å². The van der Waals surface area contributed by atoms with Crippen molar-refractivity contribution in [2.75, 3.05) is 14.2 Å². The van der Waals surface area contributed by atoms with Gasteiger partial charge in [0.15, 0.2) is 9.84 Å². The highest BCUT2D eigenvalue weighted by Gasteiger charge is 2.22. The first kappa shape index (κ1) is 19.4. The summed E-state index contributed by atoms with van der Waals surface area (Å²) < 4.78 is 36.3. The fourth-order valence-corrected chi connectivity index (χ4v) is 4.29. The number of hydrogen-bond donors (Lipinski definition) is 0. The lowest BCUT2D eigenvalue weighted by Gasteiger charge is -2.12. The van der Waals surface area contributed by atoms with E-state index >= 15 is 0 Å². The first-order valence-corrected chi connectivity index (χ1v) is 10.0. The third-order valence-corrected chi connectivity index (χ3v) is 5.91. The Balaban J connectivity index is 1.94. The Morgan fingerprint density at radius 3 is 2.36 bits per heavy atom. The van der Waals surface area contributed by atoms with Crippen molar-refractivity contribution in [1.82, 2.24) is 4.98 Å². The summed E-state index contributed by atoms with van der Waals surface area (Å²) in [6.07, 6.45) is 3.18. The summed E-state index contributed by atoms with van der Waals surface area (Å²) >= 11 is 0. The molecule has 6 nitrogen and oxygen atoms in total. The highest BCUT2D eigenvalue weighted by atomic mass is 32.2. The molecule has 0 radical (unpaired) electrons. The topological polar surface area (TPSA) is 89.3 Å². The van der Waals surface area contributed by atoms with E-state index in [4.69, 9.17) is 14.7 Å². The zero-order valence-corrected chi connectivity index (χ0v) is 16.2. The summed E-state index contributed by atoms with van der Waals surface area (Å²) in [7, 11) is -0.786. The van der Waals surface area contributed by atoms with Gasteiger partial charge in [0.2, 0.25) is 0 Å². The third kappa shape index (κ3) is 4.13. The summed E-state index contributed by atoms with van der Waals surface area (Å²) in [5.41, 5.74) is 2.73. The molecule has 0 saturated heterocycles. The van der Waals surface area contributed by atoms with Crippen molar-refractivity contribution in [3.63, 3.8) is 0 Å². The van der Waals surface area contributed by atoms with Gasteiger partial charge in [0.25, 0.3) is 0 Å². The van der Waals surface area contributed by atoms with Crippen LogP contribution in [0.25, 0.3) is 11.1 Å². The largest absolute Gasteiger partial charge is 0.497 e. The van der Waals surface area contributed by atoms with E-state index in [1.807, 2.05) is 0 Å². The number of aromatic nitrogens is 1. The van der Waals surface area contributed by atoms with Crippen molar-refractivity contribution in [2.45, 2.75) is 10.6 Å². The number of hydrogen-bond acceptors (Lipinski definition) is 6. The molecule has 1 aromatic heterocycles. The normalized spacial score (nSPS) is 10.9. The Morgan fingerprint density at radius 2 is 1.71 bits per heavy atom. The zero-order chi connectivity index (χ0) is 20.1. The van der Waals surface area contributed by atoms with Crippen LogP contribution >= 0.6 is 0 Å². The molecule has 0 spiro atoms. The number of pyridine rings is 1. The fourth-order valence-electron chi connectivity index (χ4n) is 2.79. The van der Waals surface area contributed by atoms with Crippen LogP contribution in [0.4, 0.5) is 0 Å². The summed E-state index contributed by atoms with van der Waals surface area (Å²) in [5, 5.41) is 8.91. The summed E-state index contributed by atoms with van der Waals surface area (Å²) in [4.78, 5) is 4.24. The van der Waals surface area contributed by atoms with E-state index < -0.39 is 9.84 Å². The highest BCUT2D eigenvalue weighted by molar-refractivity contribution is 7.90. The number of benzene rings is 2. The van der Waals surface area contributed by atoms with Crippen LogP contribution in [0, 0.1) is 11.3 Å². The first-order valence-electron chi connectivity index (χ1n) is 8.36. The van der Waals surface area contributed by atoms with Crippen molar-refractivity contribution >= 4 is 9.84 Å². The molecule has 3 rings (SSSR count). The molecule has 0 unspecified atom stereocenters. The average molecular weight is 394 g/mol. The number of sulfone groups is 1. The highest BCUT2D eigenvalue weighted by Crippen LogP contribution is 2.31. The Morgan fingerprint density at radius 1 is 0.964 bits per heavy atom. The van der Waals surface area contributed by atoms with Crippen molar-refractivity contribution in [3.05, 3.63) is 72.1 Å². The Kier molecular flexibility index (Phi) is 5.62. The molecule has 0 aliphatic heterocycles. The Hall–Kier alpha value is -3.37. The molecular weight excluding hydrogens is 376 g/mol. The van der Waals surface area contributed by atoms with Gasteiger partial charge in [0.1, 0.15) is 16.4 Å². The molecule has 0 saturated carbocycles. The fraction of sp³-hybridized carbons (Fsp3) is 0.143. The van der Waals surface area contributed by atoms with Crippen LogP contribution in [0.1, 0.15) is 11.1 Å². The van der Waals surface area contributed by atoms with Gasteiger partial charge in [-0.3, -0.25) is 4.98 Å². The smallest absolute Gasteiger partial charge is 0.186 e. The summed E-state index contributed by atoms with van der Waals surface area (Å²) in [5.74, 6) is 0.467. The quantitative estimate of drug-likeness (QED) is 0.634. The lowest BCUT2D eigenvalue weighted by molar-refractivity contribution is 0.392. The van der Waals surface area contributed by atoms with Gasteiger partial charge >= 0.3 is 0 Å². The number of nitriles is 1. The summed E-state index contributed by atoms with van der Waals surface area (Å²) in [6, 6.07) is 15.5. The standard InChI is InChI=1S/C21H18N2O4S/c1-26-19-7-8-20(27-2)21(10-19)28(24,25)14-16-9-18(13-23-12-16)17-5-3-15(11-22)4-6-17/h3-10,12-13H,14H2,1-2H3. The molecule has 3 aromatic rings. The second kappa shape index (κ2) is 8.11.